The van der Waals surface area contributed by atoms with Crippen LogP contribution in [0.4, 0.5) is 5.82 Å². The minimum atomic E-state index is -3.44. The van der Waals surface area contributed by atoms with E-state index >= 15 is 0 Å². The average molecular weight is 312 g/mol. The maximum atomic E-state index is 12.6. The van der Waals surface area contributed by atoms with Gasteiger partial charge in [0.05, 0.1) is 0 Å². The molecule has 0 saturated carbocycles. The molecule has 7 heteroatoms. The lowest BCUT2D eigenvalue weighted by molar-refractivity contribution is 0.0922. The second-order valence-corrected chi connectivity index (χ2v) is 8.13. The molecule has 1 aliphatic rings. The van der Waals surface area contributed by atoms with Gasteiger partial charge in [0.2, 0.25) is 10.0 Å². The van der Waals surface area contributed by atoms with E-state index in [1.165, 1.54) is 6.20 Å². The molecule has 2 rings (SSSR count). The number of pyridine rings is 1. The number of sulfonamides is 1. The van der Waals surface area contributed by atoms with Crippen LogP contribution in [0.1, 0.15) is 20.8 Å². The Morgan fingerprint density at radius 3 is 2.19 bits per heavy atom. The fraction of sp³-hybridized carbons (Fsp3) is 0.643. The molecule has 0 bridgehead atoms. The van der Waals surface area contributed by atoms with Crippen molar-refractivity contribution in [3.63, 3.8) is 0 Å². The van der Waals surface area contributed by atoms with E-state index < -0.39 is 10.0 Å². The Morgan fingerprint density at radius 2 is 1.76 bits per heavy atom. The number of aromatic nitrogens is 1. The molecular formula is C14H24N4O2S. The summed E-state index contributed by atoms with van der Waals surface area (Å²) in [4.78, 5) is 6.65. The second kappa shape index (κ2) is 5.90. The highest BCUT2D eigenvalue weighted by molar-refractivity contribution is 7.89. The Balaban J connectivity index is 2.11. The SMILES string of the molecule is CNc1ccc(S(=O)(=O)N2CCN(C(C)(C)C)CC2)cn1. The highest BCUT2D eigenvalue weighted by Gasteiger charge is 2.32. The van der Waals surface area contributed by atoms with Gasteiger partial charge in [-0.1, -0.05) is 0 Å². The first-order valence-corrected chi connectivity index (χ1v) is 8.58. The molecule has 1 aromatic rings. The van der Waals surface area contributed by atoms with Crippen LogP contribution in [0.25, 0.3) is 0 Å². The molecule has 0 aromatic carbocycles. The van der Waals surface area contributed by atoms with Crippen LogP contribution in [0.2, 0.25) is 0 Å². The van der Waals surface area contributed by atoms with E-state index in [4.69, 9.17) is 0 Å². The molecular weight excluding hydrogens is 288 g/mol. The summed E-state index contributed by atoms with van der Waals surface area (Å²) in [6, 6.07) is 3.28. The minimum absolute atomic E-state index is 0.0752. The minimum Gasteiger partial charge on any atom is -0.373 e. The summed E-state index contributed by atoms with van der Waals surface area (Å²) < 4.78 is 26.7. The van der Waals surface area contributed by atoms with Gasteiger partial charge >= 0.3 is 0 Å². The number of nitrogens with zero attached hydrogens (tertiary/aromatic N) is 3. The van der Waals surface area contributed by atoms with E-state index in [1.54, 1.807) is 23.5 Å². The van der Waals surface area contributed by atoms with Crippen molar-refractivity contribution in [1.82, 2.24) is 14.2 Å². The smallest absolute Gasteiger partial charge is 0.244 e. The highest BCUT2D eigenvalue weighted by atomic mass is 32.2. The second-order valence-electron chi connectivity index (χ2n) is 6.19. The van der Waals surface area contributed by atoms with Crippen LogP contribution in [0, 0.1) is 0 Å². The van der Waals surface area contributed by atoms with Gasteiger partial charge in [0.1, 0.15) is 10.7 Å². The van der Waals surface area contributed by atoms with E-state index in [0.717, 1.165) is 13.1 Å². The standard InChI is InChI=1S/C14H24N4O2S/c1-14(2,3)17-7-9-18(10-8-17)21(19,20)12-5-6-13(15-4)16-11-12/h5-6,11H,7-10H2,1-4H3,(H,15,16). The van der Waals surface area contributed by atoms with Gasteiger partial charge in [-0.3, -0.25) is 4.90 Å². The molecule has 118 valence electrons. The van der Waals surface area contributed by atoms with Crippen molar-refractivity contribution in [2.75, 3.05) is 38.5 Å². The molecule has 0 unspecified atom stereocenters. The lowest BCUT2D eigenvalue weighted by Crippen LogP contribution is -2.54. The topological polar surface area (TPSA) is 65.5 Å². The van der Waals surface area contributed by atoms with E-state index in [-0.39, 0.29) is 10.4 Å². The Kier molecular flexibility index (Phi) is 4.55. The lowest BCUT2D eigenvalue weighted by atomic mass is 10.1. The van der Waals surface area contributed by atoms with Gasteiger partial charge in [-0.25, -0.2) is 13.4 Å². The number of hydrogen-bond donors (Lipinski definition) is 1. The van der Waals surface area contributed by atoms with Crippen LogP contribution in [0.5, 0.6) is 0 Å². The van der Waals surface area contributed by atoms with E-state index in [9.17, 15) is 8.42 Å². The van der Waals surface area contributed by atoms with Crippen LogP contribution in [0.15, 0.2) is 23.2 Å². The van der Waals surface area contributed by atoms with Crippen molar-refractivity contribution in [3.8, 4) is 0 Å². The Labute approximate surface area is 127 Å². The molecule has 0 aliphatic carbocycles. The van der Waals surface area contributed by atoms with Crippen LogP contribution in [-0.2, 0) is 10.0 Å². The van der Waals surface area contributed by atoms with Crippen molar-refractivity contribution in [3.05, 3.63) is 18.3 Å². The predicted molar refractivity (Wildman–Crippen MR) is 83.9 cm³/mol. The number of piperazine rings is 1. The third kappa shape index (κ3) is 3.53. The molecule has 0 radical (unpaired) electrons. The van der Waals surface area contributed by atoms with Gasteiger partial charge in [-0.15, -0.1) is 0 Å². The molecule has 2 heterocycles. The first-order chi connectivity index (χ1) is 9.75. The van der Waals surface area contributed by atoms with Gasteiger partial charge in [0.15, 0.2) is 0 Å². The summed E-state index contributed by atoms with van der Waals surface area (Å²) in [5, 5.41) is 2.88. The first-order valence-electron chi connectivity index (χ1n) is 7.14. The molecule has 1 aliphatic heterocycles. The number of rotatable bonds is 3. The van der Waals surface area contributed by atoms with Gasteiger partial charge in [0.25, 0.3) is 0 Å². The summed E-state index contributed by atoms with van der Waals surface area (Å²) in [6.45, 7) is 9.00. The fourth-order valence-electron chi connectivity index (χ4n) is 2.43. The van der Waals surface area contributed by atoms with Gasteiger partial charge < -0.3 is 5.32 Å². The van der Waals surface area contributed by atoms with Crippen LogP contribution < -0.4 is 5.32 Å². The molecule has 0 atom stereocenters. The molecule has 1 N–H and O–H groups in total. The Bertz CT molecular complexity index is 570. The molecule has 0 spiro atoms. The number of anilines is 1. The normalized spacial score (nSPS) is 18.7. The number of hydrogen-bond acceptors (Lipinski definition) is 5. The van der Waals surface area contributed by atoms with Crippen molar-refractivity contribution in [1.29, 1.82) is 0 Å². The molecule has 1 fully saturated rings. The predicted octanol–water partition coefficient (Wildman–Crippen LogP) is 1.23. The largest absolute Gasteiger partial charge is 0.373 e. The maximum absolute atomic E-state index is 12.6. The molecule has 1 saturated heterocycles. The van der Waals surface area contributed by atoms with E-state index in [2.05, 4.69) is 36.0 Å². The summed E-state index contributed by atoms with van der Waals surface area (Å²) in [5.74, 6) is 0.659. The summed E-state index contributed by atoms with van der Waals surface area (Å²) >= 11 is 0. The lowest BCUT2D eigenvalue weighted by Gasteiger charge is -2.41. The molecule has 0 amide bonds. The monoisotopic (exact) mass is 312 g/mol. The van der Waals surface area contributed by atoms with Crippen LogP contribution in [-0.4, -0.2) is 61.4 Å². The molecule has 1 aromatic heterocycles. The third-order valence-corrected chi connectivity index (χ3v) is 5.70. The van der Waals surface area contributed by atoms with Crippen molar-refractivity contribution in [2.45, 2.75) is 31.2 Å². The summed E-state index contributed by atoms with van der Waals surface area (Å²) in [7, 11) is -1.69. The highest BCUT2D eigenvalue weighted by Crippen LogP contribution is 2.21. The zero-order chi connectivity index (χ0) is 15.7. The fourth-order valence-corrected chi connectivity index (χ4v) is 3.80. The van der Waals surface area contributed by atoms with Gasteiger partial charge in [0, 0.05) is 45.0 Å². The molecule has 6 nitrogen and oxygen atoms in total. The zero-order valence-corrected chi connectivity index (χ0v) is 13.9. The van der Waals surface area contributed by atoms with Crippen LogP contribution in [0.3, 0.4) is 0 Å². The summed E-state index contributed by atoms with van der Waals surface area (Å²) in [5.41, 5.74) is 0.0752. The van der Waals surface area contributed by atoms with E-state index in [1.807, 2.05) is 0 Å². The molecule has 21 heavy (non-hydrogen) atoms. The van der Waals surface area contributed by atoms with Crippen LogP contribution >= 0.6 is 0 Å². The quantitative estimate of drug-likeness (QED) is 0.909. The Morgan fingerprint density at radius 1 is 1.14 bits per heavy atom. The maximum Gasteiger partial charge on any atom is 0.244 e. The van der Waals surface area contributed by atoms with Crippen molar-refractivity contribution in [2.24, 2.45) is 0 Å². The average Bonchev–Trinajstić information content (AvgIpc) is 2.46. The zero-order valence-electron chi connectivity index (χ0n) is 13.1. The van der Waals surface area contributed by atoms with Gasteiger partial charge in [-0.2, -0.15) is 4.31 Å². The summed E-state index contributed by atoms with van der Waals surface area (Å²) in [6.07, 6.45) is 1.41. The van der Waals surface area contributed by atoms with E-state index in [0.29, 0.717) is 18.9 Å². The first kappa shape index (κ1) is 16.2. The third-order valence-electron chi connectivity index (χ3n) is 3.82. The van der Waals surface area contributed by atoms with Crippen molar-refractivity contribution >= 4 is 15.8 Å². The van der Waals surface area contributed by atoms with Crippen molar-refractivity contribution < 1.29 is 8.42 Å². The Hall–Kier alpha value is -1.18. The number of nitrogens with one attached hydrogen (secondary N) is 1. The van der Waals surface area contributed by atoms with Gasteiger partial charge in [-0.05, 0) is 32.9 Å².